The molecule has 25 heavy (non-hydrogen) atoms. The summed E-state index contributed by atoms with van der Waals surface area (Å²) in [5, 5.41) is 0. The molecule has 136 valence electrons. The highest BCUT2D eigenvalue weighted by molar-refractivity contribution is 5.96. The van der Waals surface area contributed by atoms with Gasteiger partial charge in [0.05, 0.1) is 0 Å². The van der Waals surface area contributed by atoms with Gasteiger partial charge in [-0.1, -0.05) is 13.8 Å². The van der Waals surface area contributed by atoms with E-state index in [1.807, 2.05) is 0 Å². The van der Waals surface area contributed by atoms with Crippen LogP contribution in [0.1, 0.15) is 65.7 Å². The predicted octanol–water partition coefficient (Wildman–Crippen LogP) is 3.32. The first-order valence-electron chi connectivity index (χ1n) is 10.0. The van der Waals surface area contributed by atoms with Crippen molar-refractivity contribution in [2.75, 3.05) is 0 Å². The number of rotatable bonds is 1. The maximum Gasteiger partial charge on any atom is 0.303 e. The van der Waals surface area contributed by atoms with Gasteiger partial charge in [0.1, 0.15) is 5.78 Å². The first-order valence-corrected chi connectivity index (χ1v) is 10.0. The molecule has 0 aromatic heterocycles. The van der Waals surface area contributed by atoms with Crippen molar-refractivity contribution in [3.63, 3.8) is 0 Å². The molecule has 0 radical (unpaired) electrons. The van der Waals surface area contributed by atoms with E-state index in [0.717, 1.165) is 38.5 Å². The van der Waals surface area contributed by atoms with Gasteiger partial charge in [-0.15, -0.1) is 0 Å². The van der Waals surface area contributed by atoms with E-state index in [4.69, 9.17) is 4.74 Å². The lowest BCUT2D eigenvalue weighted by Gasteiger charge is -2.58. The molecule has 4 heteroatoms. The molecule has 0 unspecified atom stereocenters. The molecule has 0 bridgehead atoms. The van der Waals surface area contributed by atoms with E-state index in [2.05, 4.69) is 13.8 Å². The maximum absolute atomic E-state index is 13.6. The second-order valence-corrected chi connectivity index (χ2v) is 9.93. The first-order chi connectivity index (χ1) is 11.8. The Labute approximate surface area is 149 Å². The molecule has 5 rings (SSSR count). The van der Waals surface area contributed by atoms with Crippen molar-refractivity contribution in [1.29, 1.82) is 0 Å². The average molecular weight is 344 g/mol. The molecule has 0 saturated heterocycles. The number of esters is 1. The maximum atomic E-state index is 13.6. The van der Waals surface area contributed by atoms with Gasteiger partial charge in [0, 0.05) is 30.1 Å². The van der Waals surface area contributed by atoms with Crippen LogP contribution in [0.4, 0.5) is 0 Å². The van der Waals surface area contributed by atoms with Crippen molar-refractivity contribution >= 4 is 17.5 Å². The lowest BCUT2D eigenvalue weighted by Crippen LogP contribution is -2.62. The van der Waals surface area contributed by atoms with Crippen LogP contribution in [0.25, 0.3) is 0 Å². The zero-order chi connectivity index (χ0) is 17.8. The van der Waals surface area contributed by atoms with Crippen LogP contribution >= 0.6 is 0 Å². The summed E-state index contributed by atoms with van der Waals surface area (Å²) in [4.78, 5) is 38.0. The Morgan fingerprint density at radius 1 is 1.08 bits per heavy atom. The van der Waals surface area contributed by atoms with Gasteiger partial charge in [0.25, 0.3) is 0 Å². The molecule has 5 fully saturated rings. The summed E-state index contributed by atoms with van der Waals surface area (Å²) in [5.74, 6) is 1.33. The summed E-state index contributed by atoms with van der Waals surface area (Å²) in [5.41, 5.74) is -0.504. The highest BCUT2D eigenvalue weighted by Crippen LogP contribution is 2.80. The quantitative estimate of drug-likeness (QED) is 0.685. The highest BCUT2D eigenvalue weighted by Gasteiger charge is 2.80. The van der Waals surface area contributed by atoms with Gasteiger partial charge in [-0.25, -0.2) is 0 Å². The van der Waals surface area contributed by atoms with Crippen LogP contribution < -0.4 is 0 Å². The van der Waals surface area contributed by atoms with Crippen LogP contribution in [0.3, 0.4) is 0 Å². The fraction of sp³-hybridized carbons (Fsp3) is 0.857. The van der Waals surface area contributed by atoms with Gasteiger partial charge >= 0.3 is 5.97 Å². The topological polar surface area (TPSA) is 60.4 Å². The molecule has 5 saturated carbocycles. The first kappa shape index (κ1) is 16.0. The average Bonchev–Trinajstić information content (AvgIpc) is 3.12. The van der Waals surface area contributed by atoms with Crippen LogP contribution in [-0.2, 0) is 19.1 Å². The molecule has 0 aromatic rings. The van der Waals surface area contributed by atoms with Gasteiger partial charge in [0.15, 0.2) is 11.9 Å². The monoisotopic (exact) mass is 344 g/mol. The van der Waals surface area contributed by atoms with Crippen molar-refractivity contribution in [2.24, 2.45) is 39.9 Å². The smallest absolute Gasteiger partial charge is 0.303 e. The molecule has 0 amide bonds. The van der Waals surface area contributed by atoms with Gasteiger partial charge < -0.3 is 4.74 Å². The molecule has 5 aliphatic carbocycles. The largest absolute Gasteiger partial charge is 0.454 e. The highest BCUT2D eigenvalue weighted by atomic mass is 16.5. The number of ketones is 2. The van der Waals surface area contributed by atoms with Crippen molar-refractivity contribution in [2.45, 2.75) is 71.8 Å². The molecule has 0 N–H and O–H groups in total. The zero-order valence-corrected chi connectivity index (χ0v) is 15.5. The van der Waals surface area contributed by atoms with E-state index in [-0.39, 0.29) is 39.8 Å². The van der Waals surface area contributed by atoms with E-state index >= 15 is 0 Å². The Kier molecular flexibility index (Phi) is 2.92. The third kappa shape index (κ3) is 1.63. The van der Waals surface area contributed by atoms with Gasteiger partial charge in [-0.05, 0) is 61.7 Å². The third-order valence-electron chi connectivity index (χ3n) is 9.34. The summed E-state index contributed by atoms with van der Waals surface area (Å²) in [6.45, 7) is 5.84. The number of hydrogen-bond donors (Lipinski definition) is 0. The van der Waals surface area contributed by atoms with Crippen LogP contribution in [-0.4, -0.2) is 23.6 Å². The van der Waals surface area contributed by atoms with Crippen molar-refractivity contribution in [3.05, 3.63) is 0 Å². The molecular formula is C21H28O4. The van der Waals surface area contributed by atoms with Crippen molar-refractivity contribution < 1.29 is 19.1 Å². The molecule has 1 spiro atoms. The van der Waals surface area contributed by atoms with E-state index < -0.39 is 6.10 Å². The Hall–Kier alpha value is -1.19. The summed E-state index contributed by atoms with van der Waals surface area (Å²) in [6, 6.07) is 0. The van der Waals surface area contributed by atoms with Crippen molar-refractivity contribution in [3.8, 4) is 0 Å². The number of ether oxygens (including phenoxy) is 1. The third-order valence-corrected chi connectivity index (χ3v) is 9.34. The van der Waals surface area contributed by atoms with E-state index in [1.165, 1.54) is 6.92 Å². The molecule has 0 aromatic carbocycles. The summed E-state index contributed by atoms with van der Waals surface area (Å²) >= 11 is 0. The molecule has 8 atom stereocenters. The fourth-order valence-corrected chi connectivity index (χ4v) is 8.05. The number of fused-ring (bicyclic) bond motifs is 4. The summed E-state index contributed by atoms with van der Waals surface area (Å²) < 4.78 is 5.71. The van der Waals surface area contributed by atoms with Crippen LogP contribution in [0.15, 0.2) is 0 Å². The standard InChI is InChI=1S/C21H28O4/c1-11(22)25-17-16-13-4-5-15(23)19(13,2)8-7-14(16)20(3)9-6-12-10-21(12,20)18(17)24/h12-14,16-17H,4-10H2,1-3H3/t12-,13-,14-,16-,17+,19-,20+,21-/m0/s1. The Bertz CT molecular complexity index is 698. The minimum absolute atomic E-state index is 0.0385. The number of Topliss-reactive ketones (excluding diaryl/α,β-unsaturated/α-hetero) is 2. The Balaban J connectivity index is 1.63. The molecule has 0 aliphatic heterocycles. The van der Waals surface area contributed by atoms with Crippen LogP contribution in [0, 0.1) is 39.9 Å². The Morgan fingerprint density at radius 3 is 2.52 bits per heavy atom. The fourth-order valence-electron chi connectivity index (χ4n) is 8.05. The lowest BCUT2D eigenvalue weighted by molar-refractivity contribution is -0.189. The summed E-state index contributed by atoms with van der Waals surface area (Å²) in [6.07, 6.45) is 6.05. The van der Waals surface area contributed by atoms with E-state index in [1.54, 1.807) is 0 Å². The summed E-state index contributed by atoms with van der Waals surface area (Å²) in [7, 11) is 0. The molecular weight excluding hydrogens is 316 g/mol. The predicted molar refractivity (Wildman–Crippen MR) is 90.5 cm³/mol. The minimum atomic E-state index is -0.616. The zero-order valence-electron chi connectivity index (χ0n) is 15.5. The second kappa shape index (κ2) is 4.55. The van der Waals surface area contributed by atoms with Crippen LogP contribution in [0.5, 0.6) is 0 Å². The van der Waals surface area contributed by atoms with E-state index in [9.17, 15) is 14.4 Å². The number of hydrogen-bond acceptors (Lipinski definition) is 4. The SMILES string of the molecule is CC(=O)O[C@H]1C(=O)[C@]23C[C@@H]2CC[C@]3(C)[C@H]2CC[C@]3(C)C(=O)CC[C@H]3[C@H]12. The normalized spacial score (nSPS) is 55.9. The Morgan fingerprint density at radius 2 is 1.84 bits per heavy atom. The molecule has 5 aliphatic rings. The molecule has 4 nitrogen and oxygen atoms in total. The van der Waals surface area contributed by atoms with Gasteiger partial charge in [0.2, 0.25) is 0 Å². The van der Waals surface area contributed by atoms with Gasteiger partial charge in [-0.3, -0.25) is 14.4 Å². The molecule has 0 heterocycles. The van der Waals surface area contributed by atoms with E-state index in [0.29, 0.717) is 24.0 Å². The lowest BCUT2D eigenvalue weighted by atomic mass is 9.45. The number of carbonyl (C=O) groups excluding carboxylic acids is 3. The minimum Gasteiger partial charge on any atom is -0.454 e. The van der Waals surface area contributed by atoms with Crippen molar-refractivity contribution in [1.82, 2.24) is 0 Å². The number of carbonyl (C=O) groups is 3. The van der Waals surface area contributed by atoms with Crippen LogP contribution in [0.2, 0.25) is 0 Å². The van der Waals surface area contributed by atoms with Gasteiger partial charge in [-0.2, -0.15) is 0 Å². The second-order valence-electron chi connectivity index (χ2n) is 9.93.